The van der Waals surface area contributed by atoms with Gasteiger partial charge in [0.15, 0.2) is 0 Å². The van der Waals surface area contributed by atoms with Crippen molar-refractivity contribution in [2.45, 2.75) is 20.0 Å². The minimum Gasteiger partial charge on any atom is -0.489 e. The molecule has 1 aromatic carbocycles. The molecule has 6 nitrogen and oxygen atoms in total. The molecule has 1 aliphatic heterocycles. The molecule has 0 unspecified atom stereocenters. The number of carbonyl (C=O) groups is 3. The molecular formula is C14H13ClN2O4. The smallest absolute Gasteiger partial charge is 0.328 e. The number of imide groups is 2. The predicted molar refractivity (Wildman–Crippen MR) is 76.9 cm³/mol. The van der Waals surface area contributed by atoms with Crippen LogP contribution in [0.4, 0.5) is 4.79 Å². The van der Waals surface area contributed by atoms with Gasteiger partial charge >= 0.3 is 6.03 Å². The van der Waals surface area contributed by atoms with Crippen molar-refractivity contribution in [2.24, 2.45) is 0 Å². The monoisotopic (exact) mass is 308 g/mol. The van der Waals surface area contributed by atoms with Crippen LogP contribution in [0.25, 0.3) is 6.08 Å². The highest BCUT2D eigenvalue weighted by molar-refractivity contribution is 6.33. The quantitative estimate of drug-likeness (QED) is 0.659. The highest BCUT2D eigenvalue weighted by Crippen LogP contribution is 2.27. The van der Waals surface area contributed by atoms with Gasteiger partial charge in [-0.3, -0.25) is 20.2 Å². The standard InChI is InChI=1S/C14H13ClN2O4/c1-7(2)21-11-4-3-8(6-10(11)15)5-9-12(18)16-14(20)17-13(9)19/h3-7H,1-2H3,(H2,16,17,18,19,20). The third-order valence-corrected chi connectivity index (χ3v) is 2.87. The summed E-state index contributed by atoms with van der Waals surface area (Å²) >= 11 is 6.08. The minimum atomic E-state index is -0.833. The van der Waals surface area contributed by atoms with Crippen molar-refractivity contribution in [1.29, 1.82) is 0 Å². The first kappa shape index (κ1) is 15.1. The highest BCUT2D eigenvalue weighted by Gasteiger charge is 2.27. The SMILES string of the molecule is CC(C)Oc1ccc(C=C2C(=O)NC(=O)NC2=O)cc1Cl. The first-order valence-corrected chi connectivity index (χ1v) is 6.59. The van der Waals surface area contributed by atoms with Crippen LogP contribution in [0, 0.1) is 0 Å². The zero-order valence-electron chi connectivity index (χ0n) is 11.4. The van der Waals surface area contributed by atoms with Crippen molar-refractivity contribution < 1.29 is 19.1 Å². The number of barbiturate groups is 1. The number of rotatable bonds is 3. The molecule has 0 aromatic heterocycles. The van der Waals surface area contributed by atoms with Crippen LogP contribution < -0.4 is 15.4 Å². The molecule has 110 valence electrons. The third kappa shape index (κ3) is 3.61. The van der Waals surface area contributed by atoms with Gasteiger partial charge < -0.3 is 4.74 Å². The molecule has 21 heavy (non-hydrogen) atoms. The summed E-state index contributed by atoms with van der Waals surface area (Å²) in [5, 5.41) is 4.36. The Kier molecular flexibility index (Phi) is 4.28. The summed E-state index contributed by atoms with van der Waals surface area (Å²) in [6.45, 7) is 3.75. The maximum Gasteiger partial charge on any atom is 0.328 e. The second kappa shape index (κ2) is 5.97. The first-order chi connectivity index (χ1) is 9.86. The zero-order valence-corrected chi connectivity index (χ0v) is 12.2. The van der Waals surface area contributed by atoms with Crippen LogP contribution in [0.3, 0.4) is 0 Å². The van der Waals surface area contributed by atoms with E-state index in [9.17, 15) is 14.4 Å². The Balaban J connectivity index is 2.28. The number of halogens is 1. The fourth-order valence-electron chi connectivity index (χ4n) is 1.73. The van der Waals surface area contributed by atoms with Gasteiger partial charge in [-0.25, -0.2) is 4.79 Å². The normalized spacial score (nSPS) is 14.9. The van der Waals surface area contributed by atoms with E-state index in [1.165, 1.54) is 6.08 Å². The van der Waals surface area contributed by atoms with Crippen LogP contribution >= 0.6 is 11.6 Å². The summed E-state index contributed by atoms with van der Waals surface area (Å²) < 4.78 is 5.49. The fraction of sp³-hybridized carbons (Fsp3) is 0.214. The minimum absolute atomic E-state index is 0.0207. The summed E-state index contributed by atoms with van der Waals surface area (Å²) in [5.41, 5.74) is 0.383. The van der Waals surface area contributed by atoms with Crippen molar-refractivity contribution >= 4 is 35.5 Å². The highest BCUT2D eigenvalue weighted by atomic mass is 35.5. The van der Waals surface area contributed by atoms with E-state index in [2.05, 4.69) is 0 Å². The molecule has 0 atom stereocenters. The molecule has 0 aliphatic carbocycles. The van der Waals surface area contributed by atoms with E-state index in [-0.39, 0.29) is 11.7 Å². The van der Waals surface area contributed by atoms with E-state index >= 15 is 0 Å². The van der Waals surface area contributed by atoms with E-state index in [1.807, 2.05) is 24.5 Å². The lowest BCUT2D eigenvalue weighted by atomic mass is 10.1. The Hall–Kier alpha value is -2.34. The van der Waals surface area contributed by atoms with Crippen LogP contribution in [0.1, 0.15) is 19.4 Å². The Morgan fingerprint density at radius 2 is 1.76 bits per heavy atom. The van der Waals surface area contributed by atoms with Crippen molar-refractivity contribution in [1.82, 2.24) is 10.6 Å². The first-order valence-electron chi connectivity index (χ1n) is 6.21. The molecule has 2 N–H and O–H groups in total. The fourth-order valence-corrected chi connectivity index (χ4v) is 1.96. The molecule has 1 fully saturated rings. The second-order valence-electron chi connectivity index (χ2n) is 4.65. The van der Waals surface area contributed by atoms with Crippen molar-refractivity contribution in [2.75, 3.05) is 0 Å². The lowest BCUT2D eigenvalue weighted by Gasteiger charge is -2.14. The van der Waals surface area contributed by atoms with Gasteiger partial charge in [-0.2, -0.15) is 0 Å². The summed E-state index contributed by atoms with van der Waals surface area (Å²) in [6.07, 6.45) is 1.33. The van der Waals surface area contributed by atoms with Gasteiger partial charge in [0.2, 0.25) is 0 Å². The van der Waals surface area contributed by atoms with Gasteiger partial charge in [0.1, 0.15) is 11.3 Å². The largest absolute Gasteiger partial charge is 0.489 e. The Morgan fingerprint density at radius 3 is 2.29 bits per heavy atom. The summed E-state index contributed by atoms with van der Waals surface area (Å²) in [7, 11) is 0. The van der Waals surface area contributed by atoms with E-state index in [0.717, 1.165) is 0 Å². The summed E-state index contributed by atoms with van der Waals surface area (Å²) in [4.78, 5) is 34.2. The topological polar surface area (TPSA) is 84.5 Å². The van der Waals surface area contributed by atoms with Gasteiger partial charge in [-0.15, -0.1) is 0 Å². The number of hydrogen-bond donors (Lipinski definition) is 2. The molecule has 1 aromatic rings. The number of amides is 4. The number of benzene rings is 1. The average Bonchev–Trinajstić information content (AvgIpc) is 2.36. The molecular weight excluding hydrogens is 296 g/mol. The van der Waals surface area contributed by atoms with Crippen LogP contribution in [0.5, 0.6) is 5.75 Å². The zero-order chi connectivity index (χ0) is 15.6. The van der Waals surface area contributed by atoms with Crippen LogP contribution in [-0.4, -0.2) is 23.9 Å². The Bertz CT molecular complexity index is 630. The molecule has 0 saturated carbocycles. The average molecular weight is 309 g/mol. The molecule has 0 bridgehead atoms. The molecule has 0 spiro atoms. The van der Waals surface area contributed by atoms with E-state index in [1.54, 1.807) is 18.2 Å². The van der Waals surface area contributed by atoms with Crippen molar-refractivity contribution in [3.05, 3.63) is 34.4 Å². The molecule has 0 radical (unpaired) electrons. The predicted octanol–water partition coefficient (Wildman–Crippen LogP) is 1.88. The van der Waals surface area contributed by atoms with Gasteiger partial charge in [-0.05, 0) is 37.6 Å². The molecule has 7 heteroatoms. The van der Waals surface area contributed by atoms with Gasteiger partial charge in [0.25, 0.3) is 11.8 Å². The molecule has 4 amide bonds. The number of ether oxygens (including phenoxy) is 1. The molecule has 1 aliphatic rings. The molecule has 1 saturated heterocycles. The number of urea groups is 1. The van der Waals surface area contributed by atoms with E-state index < -0.39 is 17.8 Å². The lowest BCUT2D eigenvalue weighted by molar-refractivity contribution is -0.123. The van der Waals surface area contributed by atoms with Crippen molar-refractivity contribution in [3.8, 4) is 5.75 Å². The third-order valence-electron chi connectivity index (χ3n) is 2.57. The van der Waals surface area contributed by atoms with Crippen LogP contribution in [0.15, 0.2) is 23.8 Å². The van der Waals surface area contributed by atoms with E-state index in [0.29, 0.717) is 16.3 Å². The van der Waals surface area contributed by atoms with Gasteiger partial charge in [0, 0.05) is 0 Å². The lowest BCUT2D eigenvalue weighted by Crippen LogP contribution is -2.51. The Morgan fingerprint density at radius 1 is 1.14 bits per heavy atom. The maximum atomic E-state index is 11.6. The summed E-state index contributed by atoms with van der Waals surface area (Å²) in [6, 6.07) is 4.05. The molecule has 2 rings (SSSR count). The summed E-state index contributed by atoms with van der Waals surface area (Å²) in [5.74, 6) is -0.980. The van der Waals surface area contributed by atoms with Gasteiger partial charge in [-0.1, -0.05) is 17.7 Å². The molecule has 1 heterocycles. The Labute approximate surface area is 126 Å². The second-order valence-corrected chi connectivity index (χ2v) is 5.06. The number of nitrogens with one attached hydrogen (secondary N) is 2. The van der Waals surface area contributed by atoms with Crippen LogP contribution in [-0.2, 0) is 9.59 Å². The maximum absolute atomic E-state index is 11.6. The van der Waals surface area contributed by atoms with E-state index in [4.69, 9.17) is 16.3 Å². The number of carbonyl (C=O) groups excluding carboxylic acids is 3. The van der Waals surface area contributed by atoms with Gasteiger partial charge in [0.05, 0.1) is 11.1 Å². The van der Waals surface area contributed by atoms with Crippen LogP contribution in [0.2, 0.25) is 5.02 Å². The van der Waals surface area contributed by atoms with Crippen molar-refractivity contribution in [3.63, 3.8) is 0 Å². The number of hydrogen-bond acceptors (Lipinski definition) is 4.